The van der Waals surface area contributed by atoms with Gasteiger partial charge in [0.2, 0.25) is 0 Å². The summed E-state index contributed by atoms with van der Waals surface area (Å²) in [6.45, 7) is 3.39. The lowest BCUT2D eigenvalue weighted by Gasteiger charge is -2.31. The molecule has 1 aromatic rings. The van der Waals surface area contributed by atoms with Crippen molar-refractivity contribution in [1.29, 1.82) is 0 Å². The fourth-order valence-corrected chi connectivity index (χ4v) is 2.16. The van der Waals surface area contributed by atoms with E-state index in [0.717, 1.165) is 13.0 Å². The minimum absolute atomic E-state index is 0.450. The molecule has 1 aliphatic rings. The molecule has 1 heterocycles. The molecular weight excluding hydrogens is 184 g/mol. The standard InChI is InChI=1S/C13H20N2/c1-2-12-8-9-14-13(15-12)10-11-6-4-3-5-7-11/h3-7,12-15H,2,8-10H2,1H3/t12-,13-/m0/s1. The average molecular weight is 204 g/mol. The first-order chi connectivity index (χ1) is 7.38. The van der Waals surface area contributed by atoms with Crippen LogP contribution in [0, 0.1) is 0 Å². The first kappa shape index (κ1) is 10.7. The second kappa shape index (κ2) is 5.29. The fraction of sp³-hybridized carbons (Fsp3) is 0.538. The molecule has 0 amide bonds. The molecule has 1 saturated heterocycles. The van der Waals surface area contributed by atoms with Crippen LogP contribution in [0.25, 0.3) is 0 Å². The zero-order valence-corrected chi connectivity index (χ0v) is 9.37. The summed E-state index contributed by atoms with van der Waals surface area (Å²) < 4.78 is 0. The van der Waals surface area contributed by atoms with E-state index in [1.807, 2.05) is 0 Å². The highest BCUT2D eigenvalue weighted by Gasteiger charge is 2.18. The summed E-state index contributed by atoms with van der Waals surface area (Å²) in [4.78, 5) is 0. The van der Waals surface area contributed by atoms with E-state index < -0.39 is 0 Å². The van der Waals surface area contributed by atoms with E-state index in [9.17, 15) is 0 Å². The van der Waals surface area contributed by atoms with Crippen molar-refractivity contribution in [2.75, 3.05) is 6.54 Å². The van der Waals surface area contributed by atoms with Gasteiger partial charge in [0, 0.05) is 12.5 Å². The van der Waals surface area contributed by atoms with Crippen LogP contribution in [0.5, 0.6) is 0 Å². The molecule has 82 valence electrons. The second-order valence-electron chi connectivity index (χ2n) is 4.26. The topological polar surface area (TPSA) is 24.1 Å². The number of hydrogen-bond acceptors (Lipinski definition) is 2. The molecule has 2 atom stereocenters. The van der Waals surface area contributed by atoms with Gasteiger partial charge in [-0.15, -0.1) is 0 Å². The van der Waals surface area contributed by atoms with Crippen LogP contribution >= 0.6 is 0 Å². The van der Waals surface area contributed by atoms with Crippen molar-refractivity contribution >= 4 is 0 Å². The summed E-state index contributed by atoms with van der Waals surface area (Å²) in [5, 5.41) is 7.16. The summed E-state index contributed by atoms with van der Waals surface area (Å²) in [5.41, 5.74) is 1.40. The van der Waals surface area contributed by atoms with Crippen molar-refractivity contribution in [3.8, 4) is 0 Å². The molecule has 15 heavy (non-hydrogen) atoms. The van der Waals surface area contributed by atoms with E-state index in [4.69, 9.17) is 0 Å². The molecule has 2 rings (SSSR count). The van der Waals surface area contributed by atoms with Gasteiger partial charge in [-0.25, -0.2) is 0 Å². The number of nitrogens with one attached hydrogen (secondary N) is 2. The predicted molar refractivity (Wildman–Crippen MR) is 63.8 cm³/mol. The maximum atomic E-state index is 3.64. The Hall–Kier alpha value is -0.860. The maximum Gasteiger partial charge on any atom is 0.0615 e. The highest BCUT2D eigenvalue weighted by molar-refractivity contribution is 5.15. The normalized spacial score (nSPS) is 26.5. The third-order valence-electron chi connectivity index (χ3n) is 3.10. The quantitative estimate of drug-likeness (QED) is 0.786. The van der Waals surface area contributed by atoms with Crippen molar-refractivity contribution in [3.63, 3.8) is 0 Å². The number of benzene rings is 1. The lowest BCUT2D eigenvalue weighted by Crippen LogP contribution is -2.54. The molecule has 0 radical (unpaired) electrons. The van der Waals surface area contributed by atoms with Crippen LogP contribution in [-0.2, 0) is 6.42 Å². The van der Waals surface area contributed by atoms with Gasteiger partial charge in [0.15, 0.2) is 0 Å². The Bertz CT molecular complexity index is 284. The third-order valence-corrected chi connectivity index (χ3v) is 3.10. The zero-order valence-electron chi connectivity index (χ0n) is 9.37. The highest BCUT2D eigenvalue weighted by Crippen LogP contribution is 2.08. The van der Waals surface area contributed by atoms with Gasteiger partial charge in [-0.2, -0.15) is 0 Å². The first-order valence-electron chi connectivity index (χ1n) is 5.92. The third kappa shape index (κ3) is 3.05. The van der Waals surface area contributed by atoms with Gasteiger partial charge in [-0.1, -0.05) is 37.3 Å². The molecule has 0 bridgehead atoms. The van der Waals surface area contributed by atoms with Gasteiger partial charge in [-0.3, -0.25) is 5.32 Å². The van der Waals surface area contributed by atoms with Crippen LogP contribution in [0.2, 0.25) is 0 Å². The summed E-state index contributed by atoms with van der Waals surface area (Å²) in [7, 11) is 0. The Labute approximate surface area is 92.1 Å². The van der Waals surface area contributed by atoms with Gasteiger partial charge in [0.25, 0.3) is 0 Å². The van der Waals surface area contributed by atoms with Crippen molar-refractivity contribution in [3.05, 3.63) is 35.9 Å². The largest absolute Gasteiger partial charge is 0.302 e. The van der Waals surface area contributed by atoms with Gasteiger partial charge in [-0.05, 0) is 24.9 Å². The van der Waals surface area contributed by atoms with E-state index in [1.54, 1.807) is 0 Å². The molecule has 1 aliphatic heterocycles. The van der Waals surface area contributed by atoms with Gasteiger partial charge < -0.3 is 5.32 Å². The van der Waals surface area contributed by atoms with E-state index in [0.29, 0.717) is 12.2 Å². The first-order valence-corrected chi connectivity index (χ1v) is 5.92. The summed E-state index contributed by atoms with van der Waals surface area (Å²) in [6.07, 6.45) is 4.01. The smallest absolute Gasteiger partial charge is 0.0615 e. The molecule has 1 aromatic carbocycles. The minimum Gasteiger partial charge on any atom is -0.302 e. The van der Waals surface area contributed by atoms with Crippen LogP contribution in [0.1, 0.15) is 25.3 Å². The predicted octanol–water partition coefficient (Wildman–Crippen LogP) is 1.92. The zero-order chi connectivity index (χ0) is 10.5. The summed E-state index contributed by atoms with van der Waals surface area (Å²) in [6, 6.07) is 11.4. The molecule has 0 spiro atoms. The minimum atomic E-state index is 0.450. The lowest BCUT2D eigenvalue weighted by atomic mass is 10.0. The van der Waals surface area contributed by atoms with Crippen molar-refractivity contribution < 1.29 is 0 Å². The Morgan fingerprint density at radius 3 is 2.80 bits per heavy atom. The Morgan fingerprint density at radius 2 is 2.07 bits per heavy atom. The molecule has 2 N–H and O–H groups in total. The van der Waals surface area contributed by atoms with Gasteiger partial charge in [0.1, 0.15) is 0 Å². The van der Waals surface area contributed by atoms with E-state index in [-0.39, 0.29) is 0 Å². The molecular formula is C13H20N2. The van der Waals surface area contributed by atoms with Crippen molar-refractivity contribution in [1.82, 2.24) is 10.6 Å². The van der Waals surface area contributed by atoms with E-state index >= 15 is 0 Å². The molecule has 2 heteroatoms. The Balaban J connectivity index is 1.89. The van der Waals surface area contributed by atoms with Crippen LogP contribution < -0.4 is 10.6 Å². The SMILES string of the molecule is CC[C@H]1CCN[C@H](Cc2ccccc2)N1. The number of rotatable bonds is 3. The monoisotopic (exact) mass is 204 g/mol. The molecule has 0 unspecified atom stereocenters. The summed E-state index contributed by atoms with van der Waals surface area (Å²) in [5.74, 6) is 0. The van der Waals surface area contributed by atoms with E-state index in [1.165, 1.54) is 18.4 Å². The summed E-state index contributed by atoms with van der Waals surface area (Å²) >= 11 is 0. The molecule has 0 aromatic heterocycles. The molecule has 0 aliphatic carbocycles. The molecule has 2 nitrogen and oxygen atoms in total. The van der Waals surface area contributed by atoms with Crippen LogP contribution in [0.3, 0.4) is 0 Å². The van der Waals surface area contributed by atoms with Gasteiger partial charge >= 0.3 is 0 Å². The maximum absolute atomic E-state index is 3.64. The lowest BCUT2D eigenvalue weighted by molar-refractivity contribution is 0.292. The second-order valence-corrected chi connectivity index (χ2v) is 4.26. The van der Waals surface area contributed by atoms with Crippen LogP contribution in [-0.4, -0.2) is 18.8 Å². The van der Waals surface area contributed by atoms with Crippen LogP contribution in [0.15, 0.2) is 30.3 Å². The molecule has 1 fully saturated rings. The molecule has 0 saturated carbocycles. The van der Waals surface area contributed by atoms with Crippen LogP contribution in [0.4, 0.5) is 0 Å². The Kier molecular flexibility index (Phi) is 3.75. The highest BCUT2D eigenvalue weighted by atomic mass is 15.2. The fourth-order valence-electron chi connectivity index (χ4n) is 2.16. The van der Waals surface area contributed by atoms with Gasteiger partial charge in [0.05, 0.1) is 6.17 Å². The van der Waals surface area contributed by atoms with Crippen molar-refractivity contribution in [2.24, 2.45) is 0 Å². The Morgan fingerprint density at radius 1 is 1.27 bits per heavy atom. The van der Waals surface area contributed by atoms with E-state index in [2.05, 4.69) is 47.9 Å². The number of hydrogen-bond donors (Lipinski definition) is 2. The van der Waals surface area contributed by atoms with Crippen molar-refractivity contribution in [2.45, 2.75) is 38.4 Å². The average Bonchev–Trinajstić information content (AvgIpc) is 2.31.